The lowest BCUT2D eigenvalue weighted by Crippen LogP contribution is -2.31. The highest BCUT2D eigenvalue weighted by Crippen LogP contribution is 2.38. The van der Waals surface area contributed by atoms with E-state index in [0.29, 0.717) is 0 Å². The highest BCUT2D eigenvalue weighted by molar-refractivity contribution is 7.88. The molecule has 6 nitrogen and oxygen atoms in total. The van der Waals surface area contributed by atoms with Crippen LogP contribution in [0.4, 0.5) is 13.2 Å². The summed E-state index contributed by atoms with van der Waals surface area (Å²) < 4.78 is 73.2. The summed E-state index contributed by atoms with van der Waals surface area (Å²) in [7, 11) is -5.91. The van der Waals surface area contributed by atoms with Crippen LogP contribution in [0, 0.1) is 6.92 Å². The van der Waals surface area contributed by atoms with Gasteiger partial charge in [-0.05, 0) is 18.6 Å². The number of fused-ring (bicyclic) bond motifs is 1. The second-order valence-electron chi connectivity index (χ2n) is 4.16. The number of rotatable bonds is 2. The molecule has 116 valence electrons. The van der Waals surface area contributed by atoms with E-state index in [4.69, 9.17) is 9.47 Å². The largest absolute Gasteiger partial charge is 0.534 e. The molecule has 21 heavy (non-hydrogen) atoms. The van der Waals surface area contributed by atoms with E-state index in [1.807, 2.05) is 0 Å². The predicted octanol–water partition coefficient (Wildman–Crippen LogP) is 2.12. The molecule has 0 aromatic heterocycles. The highest BCUT2D eigenvalue weighted by atomic mass is 32.2. The van der Waals surface area contributed by atoms with E-state index in [1.54, 1.807) is 0 Å². The first-order valence-electron chi connectivity index (χ1n) is 5.55. The molecule has 0 fully saturated rings. The summed E-state index contributed by atoms with van der Waals surface area (Å²) >= 11 is 0. The number of aryl methyl sites for hydroxylation is 1. The summed E-state index contributed by atoms with van der Waals surface area (Å²) in [5.41, 5.74) is -6.10. The average Bonchev–Trinajstić information content (AvgIpc) is 2.30. The fraction of sp³-hybridized carbons (Fsp3) is 0.364. The van der Waals surface area contributed by atoms with Crippen molar-refractivity contribution in [2.45, 2.75) is 25.6 Å². The second-order valence-corrected chi connectivity index (χ2v) is 5.70. The summed E-state index contributed by atoms with van der Waals surface area (Å²) in [5.74, 6) is -1.90. The zero-order chi connectivity index (χ0) is 16.0. The van der Waals surface area contributed by atoms with Crippen LogP contribution in [0.2, 0.25) is 0 Å². The number of halogens is 3. The third kappa shape index (κ3) is 2.75. The highest BCUT2D eigenvalue weighted by Gasteiger charge is 2.49. The van der Waals surface area contributed by atoms with Crippen molar-refractivity contribution in [1.29, 1.82) is 0 Å². The number of hydrogen-bond donors (Lipinski definition) is 0. The summed E-state index contributed by atoms with van der Waals surface area (Å²) in [6.07, 6.45) is -0.945. The normalized spacial score (nSPS) is 18.5. The molecule has 1 heterocycles. The Morgan fingerprint density at radius 2 is 1.86 bits per heavy atom. The topological polar surface area (TPSA) is 78.9 Å². The number of alkyl halides is 3. The summed E-state index contributed by atoms with van der Waals surface area (Å²) in [6.45, 7) is 2.68. The van der Waals surface area contributed by atoms with Gasteiger partial charge in [-0.15, -0.1) is 0 Å². The van der Waals surface area contributed by atoms with Crippen molar-refractivity contribution in [3.8, 4) is 11.5 Å². The molecular formula is C11H9F3O6S. The van der Waals surface area contributed by atoms with E-state index < -0.39 is 39.2 Å². The van der Waals surface area contributed by atoms with Crippen LogP contribution in [-0.2, 0) is 14.9 Å². The van der Waals surface area contributed by atoms with E-state index in [1.165, 1.54) is 26.0 Å². The minimum absolute atomic E-state index is 0.0108. The third-order valence-electron chi connectivity index (χ3n) is 2.56. The Bertz CT molecular complexity index is 695. The van der Waals surface area contributed by atoms with Crippen molar-refractivity contribution < 1.29 is 40.0 Å². The van der Waals surface area contributed by atoms with Crippen LogP contribution in [0.5, 0.6) is 11.5 Å². The molecule has 1 aromatic carbocycles. The molecule has 0 spiro atoms. The first-order chi connectivity index (χ1) is 9.53. The van der Waals surface area contributed by atoms with Crippen LogP contribution in [0.3, 0.4) is 0 Å². The van der Waals surface area contributed by atoms with E-state index >= 15 is 0 Å². The van der Waals surface area contributed by atoms with Gasteiger partial charge in [0.15, 0.2) is 5.75 Å². The number of esters is 1. The van der Waals surface area contributed by atoms with Gasteiger partial charge in [0.25, 0.3) is 0 Å². The van der Waals surface area contributed by atoms with Crippen LogP contribution in [0.25, 0.3) is 0 Å². The quantitative estimate of drug-likeness (QED) is 0.470. The number of hydrogen-bond acceptors (Lipinski definition) is 6. The van der Waals surface area contributed by atoms with E-state index in [9.17, 15) is 26.4 Å². The maximum atomic E-state index is 12.4. The maximum Gasteiger partial charge on any atom is 0.534 e. The van der Waals surface area contributed by atoms with Gasteiger partial charge in [-0.2, -0.15) is 21.6 Å². The number of ether oxygens (including phenoxy) is 2. The number of carbonyl (C=O) groups is 1. The molecule has 0 saturated carbocycles. The fourth-order valence-corrected chi connectivity index (χ4v) is 2.17. The molecular weight excluding hydrogens is 317 g/mol. The molecule has 0 N–H and O–H groups in total. The molecule has 1 aliphatic heterocycles. The van der Waals surface area contributed by atoms with Gasteiger partial charge < -0.3 is 13.7 Å². The molecule has 10 heteroatoms. The molecule has 0 aliphatic carbocycles. The van der Waals surface area contributed by atoms with Crippen LogP contribution in [-0.4, -0.2) is 26.2 Å². The summed E-state index contributed by atoms with van der Waals surface area (Å²) in [5, 5.41) is 0. The van der Waals surface area contributed by atoms with E-state index in [2.05, 4.69) is 4.18 Å². The van der Waals surface area contributed by atoms with Crippen molar-refractivity contribution in [1.82, 2.24) is 0 Å². The van der Waals surface area contributed by atoms with Gasteiger partial charge in [0.1, 0.15) is 11.3 Å². The summed E-state index contributed by atoms with van der Waals surface area (Å²) in [4.78, 5) is 11.7. The van der Waals surface area contributed by atoms with Crippen LogP contribution in [0.15, 0.2) is 12.1 Å². The molecule has 0 amide bonds. The Balaban J connectivity index is 2.56. The van der Waals surface area contributed by atoms with Crippen LogP contribution < -0.4 is 8.92 Å². The molecule has 1 aromatic rings. The monoisotopic (exact) mass is 326 g/mol. The lowest BCUT2D eigenvalue weighted by molar-refractivity contribution is -0.0526. The Labute approximate surface area is 117 Å². The minimum Gasteiger partial charge on any atom is -0.454 e. The molecule has 0 bridgehead atoms. The van der Waals surface area contributed by atoms with Gasteiger partial charge in [0.05, 0.1) is 0 Å². The fourth-order valence-electron chi connectivity index (χ4n) is 1.64. The maximum absolute atomic E-state index is 12.4. The smallest absolute Gasteiger partial charge is 0.454 e. The predicted molar refractivity (Wildman–Crippen MR) is 62.3 cm³/mol. The van der Waals surface area contributed by atoms with E-state index in [0.717, 1.165) is 0 Å². The Morgan fingerprint density at radius 3 is 2.43 bits per heavy atom. The second kappa shape index (κ2) is 4.79. The van der Waals surface area contributed by atoms with Crippen LogP contribution in [0.1, 0.15) is 22.8 Å². The lowest BCUT2D eigenvalue weighted by Gasteiger charge is -2.25. The van der Waals surface area contributed by atoms with Crippen molar-refractivity contribution in [3.05, 3.63) is 23.3 Å². The molecule has 1 unspecified atom stereocenters. The van der Waals surface area contributed by atoms with Crippen LogP contribution >= 0.6 is 0 Å². The number of benzene rings is 1. The zero-order valence-corrected chi connectivity index (χ0v) is 11.5. The van der Waals surface area contributed by atoms with Gasteiger partial charge in [0.2, 0.25) is 6.29 Å². The Hall–Kier alpha value is -1.97. The lowest BCUT2D eigenvalue weighted by atomic mass is 10.1. The minimum atomic E-state index is -5.91. The van der Waals surface area contributed by atoms with Gasteiger partial charge in [-0.1, -0.05) is 6.07 Å². The van der Waals surface area contributed by atoms with Crippen molar-refractivity contribution >= 4 is 16.1 Å². The third-order valence-corrected chi connectivity index (χ3v) is 3.52. The van der Waals surface area contributed by atoms with Gasteiger partial charge in [-0.25, -0.2) is 4.79 Å². The molecule has 2 rings (SSSR count). The Morgan fingerprint density at radius 1 is 1.24 bits per heavy atom. The van der Waals surface area contributed by atoms with Gasteiger partial charge >= 0.3 is 21.6 Å². The standard InChI is InChI=1S/C11H9F3O6S/c1-5-3-4-7-8(10(15)19-6(2)18-7)9(5)20-21(16,17)11(12,13)14/h3-4,6H,1-2H3. The number of carbonyl (C=O) groups excluding carboxylic acids is 1. The molecule has 0 saturated heterocycles. The molecule has 1 aliphatic rings. The van der Waals surface area contributed by atoms with Gasteiger partial charge in [0, 0.05) is 6.92 Å². The molecule has 0 radical (unpaired) electrons. The van der Waals surface area contributed by atoms with Crippen molar-refractivity contribution in [3.63, 3.8) is 0 Å². The first-order valence-corrected chi connectivity index (χ1v) is 6.96. The summed E-state index contributed by atoms with van der Waals surface area (Å²) in [6, 6.07) is 2.58. The van der Waals surface area contributed by atoms with Crippen molar-refractivity contribution in [2.24, 2.45) is 0 Å². The zero-order valence-electron chi connectivity index (χ0n) is 10.7. The SMILES string of the molecule is Cc1ccc2c(c1OS(=O)(=O)C(F)(F)F)C(=O)OC(C)O2. The van der Waals surface area contributed by atoms with Crippen molar-refractivity contribution in [2.75, 3.05) is 0 Å². The Kier molecular flexibility index (Phi) is 3.52. The van der Waals surface area contributed by atoms with E-state index in [-0.39, 0.29) is 11.3 Å². The molecule has 1 atom stereocenters. The average molecular weight is 326 g/mol. The number of cyclic esters (lactones) is 1. The first kappa shape index (κ1) is 15.4. The van der Waals surface area contributed by atoms with Gasteiger partial charge in [-0.3, -0.25) is 0 Å².